The molecule has 1 amide bonds. The fourth-order valence-corrected chi connectivity index (χ4v) is 4.32. The lowest BCUT2D eigenvalue weighted by Crippen LogP contribution is -2.34. The van der Waals surface area contributed by atoms with Crippen molar-refractivity contribution in [1.82, 2.24) is 9.88 Å². The minimum Gasteiger partial charge on any atom is -0.494 e. The van der Waals surface area contributed by atoms with Crippen LogP contribution in [-0.4, -0.2) is 23.6 Å². The van der Waals surface area contributed by atoms with Gasteiger partial charge in [-0.2, -0.15) is 5.26 Å². The average Bonchev–Trinajstić information content (AvgIpc) is 3.12. The van der Waals surface area contributed by atoms with Crippen LogP contribution in [0.15, 0.2) is 53.3 Å². The molecule has 2 aromatic carbocycles. The van der Waals surface area contributed by atoms with Gasteiger partial charge in [0.2, 0.25) is 0 Å². The van der Waals surface area contributed by atoms with Gasteiger partial charge >= 0.3 is 0 Å². The van der Waals surface area contributed by atoms with Gasteiger partial charge in [0.05, 0.1) is 16.8 Å². The predicted octanol–water partition coefficient (Wildman–Crippen LogP) is 3.03. The summed E-state index contributed by atoms with van der Waals surface area (Å²) in [5.74, 6) is 0.202. The van der Waals surface area contributed by atoms with Crippen molar-refractivity contribution in [1.29, 1.82) is 5.26 Å². The second kappa shape index (κ2) is 11.3. The Bertz CT molecular complexity index is 1330. The van der Waals surface area contributed by atoms with Gasteiger partial charge in [-0.1, -0.05) is 43.2 Å². The van der Waals surface area contributed by atoms with Gasteiger partial charge in [0.1, 0.15) is 16.5 Å². The Morgan fingerprint density at radius 1 is 1.15 bits per heavy atom. The Kier molecular flexibility index (Phi) is 8.22. The molecule has 0 atom stereocenters. The van der Waals surface area contributed by atoms with Crippen LogP contribution < -0.4 is 24.8 Å². The molecule has 1 heterocycles. The number of nitrogens with zero attached hydrogens (tertiary/aromatic N) is 2. The van der Waals surface area contributed by atoms with Gasteiger partial charge < -0.3 is 10.1 Å². The van der Waals surface area contributed by atoms with E-state index in [-0.39, 0.29) is 11.1 Å². The number of hydrogen-bond donors (Lipinski definition) is 1. The molecule has 0 aliphatic rings. The van der Waals surface area contributed by atoms with Crippen molar-refractivity contribution in [2.45, 2.75) is 33.6 Å². The molecule has 0 fully saturated rings. The van der Waals surface area contributed by atoms with Crippen LogP contribution in [0.3, 0.4) is 0 Å². The monoisotopic (exact) mass is 461 g/mol. The first-order chi connectivity index (χ1) is 16.0. The number of nitrogens with one attached hydrogen (secondary N) is 1. The van der Waals surface area contributed by atoms with Crippen LogP contribution in [0.1, 0.15) is 37.8 Å². The van der Waals surface area contributed by atoms with E-state index in [4.69, 9.17) is 4.74 Å². The number of benzene rings is 2. The molecule has 0 bridgehead atoms. The number of nitriles is 1. The summed E-state index contributed by atoms with van der Waals surface area (Å²) >= 11 is 1.14. The molecule has 0 saturated heterocycles. The molecule has 7 heteroatoms. The van der Waals surface area contributed by atoms with Crippen molar-refractivity contribution in [3.63, 3.8) is 0 Å². The van der Waals surface area contributed by atoms with E-state index in [1.165, 1.54) is 4.57 Å². The molecule has 0 saturated carbocycles. The summed E-state index contributed by atoms with van der Waals surface area (Å²) in [5.41, 5.74) is 2.19. The van der Waals surface area contributed by atoms with Crippen molar-refractivity contribution in [2.75, 3.05) is 13.2 Å². The molecule has 0 radical (unpaired) electrons. The quantitative estimate of drug-likeness (QED) is 0.523. The smallest absolute Gasteiger partial charge is 0.273 e. The maximum Gasteiger partial charge on any atom is 0.273 e. The molecule has 0 aliphatic carbocycles. The summed E-state index contributed by atoms with van der Waals surface area (Å²) in [6.45, 7) is 6.92. The van der Waals surface area contributed by atoms with Gasteiger partial charge in [-0.25, -0.2) is 0 Å². The van der Waals surface area contributed by atoms with E-state index in [9.17, 15) is 14.9 Å². The Balaban J connectivity index is 2.24. The second-order valence-electron chi connectivity index (χ2n) is 7.49. The topological polar surface area (TPSA) is 84.1 Å². The number of carbonyl (C=O) groups is 1. The molecule has 0 unspecified atom stereocenters. The highest BCUT2D eigenvalue weighted by atomic mass is 32.1. The minimum absolute atomic E-state index is 0.0781. The van der Waals surface area contributed by atoms with Gasteiger partial charge in [0.25, 0.3) is 11.5 Å². The molecule has 1 aromatic heterocycles. The van der Waals surface area contributed by atoms with Crippen LogP contribution in [0.2, 0.25) is 0 Å². The van der Waals surface area contributed by atoms with Crippen molar-refractivity contribution in [3.8, 4) is 17.5 Å². The summed E-state index contributed by atoms with van der Waals surface area (Å²) < 4.78 is 7.68. The Hall–Kier alpha value is -3.63. The SMILES string of the molecule is CCCCNC(=O)/C(C#N)=c1\s/c(=C\c2ccc(C)cc2)c(=O)n1-c1ccc(OCC)cc1. The lowest BCUT2D eigenvalue weighted by Gasteiger charge is -2.07. The van der Waals surface area contributed by atoms with E-state index in [2.05, 4.69) is 5.32 Å². The van der Waals surface area contributed by atoms with Crippen LogP contribution in [0, 0.1) is 18.3 Å². The number of hydrogen-bond acceptors (Lipinski definition) is 5. The van der Waals surface area contributed by atoms with Crippen LogP contribution in [0.4, 0.5) is 0 Å². The first-order valence-electron chi connectivity index (χ1n) is 10.9. The third-order valence-corrected chi connectivity index (χ3v) is 6.07. The van der Waals surface area contributed by atoms with Crippen molar-refractivity contribution in [2.24, 2.45) is 0 Å². The number of amides is 1. The molecule has 6 nitrogen and oxygen atoms in total. The number of aryl methyl sites for hydroxylation is 1. The van der Waals surface area contributed by atoms with E-state index in [0.717, 1.165) is 35.3 Å². The van der Waals surface area contributed by atoms with Crippen molar-refractivity contribution >= 4 is 28.9 Å². The molecule has 3 aromatic rings. The highest BCUT2D eigenvalue weighted by molar-refractivity contribution is 7.07. The highest BCUT2D eigenvalue weighted by Crippen LogP contribution is 2.14. The van der Waals surface area contributed by atoms with Crippen LogP contribution in [0.25, 0.3) is 17.3 Å². The zero-order valence-electron chi connectivity index (χ0n) is 19.1. The Morgan fingerprint density at radius 3 is 2.45 bits per heavy atom. The lowest BCUT2D eigenvalue weighted by molar-refractivity contribution is -0.115. The van der Waals surface area contributed by atoms with Crippen LogP contribution in [0.5, 0.6) is 5.75 Å². The summed E-state index contributed by atoms with van der Waals surface area (Å²) in [5, 5.41) is 12.6. The summed E-state index contributed by atoms with van der Waals surface area (Å²) in [6, 6.07) is 16.9. The molecular formula is C26H27N3O3S. The Morgan fingerprint density at radius 2 is 1.85 bits per heavy atom. The third kappa shape index (κ3) is 5.79. The Labute approximate surface area is 197 Å². The molecule has 3 rings (SSSR count). The highest BCUT2D eigenvalue weighted by Gasteiger charge is 2.16. The number of rotatable bonds is 8. The zero-order valence-corrected chi connectivity index (χ0v) is 19.9. The molecule has 33 heavy (non-hydrogen) atoms. The van der Waals surface area contributed by atoms with Gasteiger partial charge in [0, 0.05) is 6.54 Å². The fraction of sp³-hybridized carbons (Fsp3) is 0.269. The molecule has 170 valence electrons. The van der Waals surface area contributed by atoms with Crippen molar-refractivity contribution in [3.05, 3.63) is 79.2 Å². The molecular weight excluding hydrogens is 434 g/mol. The van der Waals surface area contributed by atoms with E-state index >= 15 is 0 Å². The third-order valence-electron chi connectivity index (χ3n) is 4.97. The number of unbranched alkanes of at least 4 members (excludes halogenated alkanes) is 1. The van der Waals surface area contributed by atoms with E-state index in [0.29, 0.717) is 33.8 Å². The first kappa shape index (κ1) is 24.0. The number of carbonyl (C=O) groups excluding carboxylic acids is 1. The van der Waals surface area contributed by atoms with Crippen LogP contribution in [-0.2, 0) is 4.79 Å². The maximum absolute atomic E-state index is 13.4. The molecule has 1 N–H and O–H groups in total. The van der Waals surface area contributed by atoms with Crippen LogP contribution >= 0.6 is 11.3 Å². The number of aromatic nitrogens is 1. The van der Waals surface area contributed by atoms with Gasteiger partial charge in [-0.3, -0.25) is 14.2 Å². The standard InChI is InChI=1S/C26H27N3O3S/c1-4-6-15-28-24(30)22(17-27)26-29(20-11-13-21(14-12-20)32-5-2)25(31)23(33-26)16-19-9-7-18(3)8-10-19/h7-14,16H,4-6,15H2,1-3H3,(H,28,30)/b23-16-,26-22-. The normalized spacial score (nSPS) is 12.2. The minimum atomic E-state index is -0.478. The lowest BCUT2D eigenvalue weighted by atomic mass is 10.1. The van der Waals surface area contributed by atoms with Gasteiger partial charge in [0.15, 0.2) is 5.57 Å². The molecule has 0 spiro atoms. The summed E-state index contributed by atoms with van der Waals surface area (Å²) in [6.07, 6.45) is 3.52. The largest absolute Gasteiger partial charge is 0.494 e. The van der Waals surface area contributed by atoms with E-state index in [1.807, 2.05) is 51.1 Å². The summed E-state index contributed by atoms with van der Waals surface area (Å²) in [7, 11) is 0. The van der Waals surface area contributed by atoms with Gasteiger partial charge in [-0.05, 0) is 56.2 Å². The zero-order chi connectivity index (χ0) is 23.8. The number of ether oxygens (including phenoxy) is 1. The van der Waals surface area contributed by atoms with Gasteiger partial charge in [-0.15, -0.1) is 11.3 Å². The van der Waals surface area contributed by atoms with Crippen molar-refractivity contribution < 1.29 is 9.53 Å². The first-order valence-corrected chi connectivity index (χ1v) is 11.8. The number of thiazole rings is 1. The fourth-order valence-electron chi connectivity index (χ4n) is 3.22. The summed E-state index contributed by atoms with van der Waals surface area (Å²) in [4.78, 5) is 26.2. The molecule has 0 aliphatic heterocycles. The van der Waals surface area contributed by atoms with E-state index < -0.39 is 5.91 Å². The van der Waals surface area contributed by atoms with E-state index in [1.54, 1.807) is 30.3 Å². The maximum atomic E-state index is 13.4. The predicted molar refractivity (Wildman–Crippen MR) is 132 cm³/mol. The second-order valence-corrected chi connectivity index (χ2v) is 8.52. The average molecular weight is 462 g/mol.